The number of para-hydroxylation sites is 1. The smallest absolute Gasteiger partial charge is 0.257 e. The third kappa shape index (κ3) is 2.90. The van der Waals surface area contributed by atoms with E-state index in [0.29, 0.717) is 30.2 Å². The fourth-order valence-electron chi connectivity index (χ4n) is 1.94. The number of hydrogen-bond donors (Lipinski definition) is 2. The molecule has 1 aromatic carbocycles. The van der Waals surface area contributed by atoms with Gasteiger partial charge in [-0.25, -0.2) is 0 Å². The average Bonchev–Trinajstić information content (AvgIpc) is 2.93. The van der Waals surface area contributed by atoms with Crippen LogP contribution in [-0.4, -0.2) is 34.7 Å². The second-order valence-electron chi connectivity index (χ2n) is 4.42. The van der Waals surface area contributed by atoms with Gasteiger partial charge in [0.25, 0.3) is 5.91 Å². The van der Waals surface area contributed by atoms with E-state index in [4.69, 9.17) is 10.5 Å². The molecule has 0 saturated carbocycles. The molecule has 6 heteroatoms. The number of aromatic nitrogens is 2. The largest absolute Gasteiger partial charge is 0.491 e. The first-order valence-electron chi connectivity index (χ1n) is 6.38. The average molecular weight is 274 g/mol. The van der Waals surface area contributed by atoms with Gasteiger partial charge in [-0.3, -0.25) is 9.89 Å². The standard InChI is InChI=1S/C14H18N4O2/c1-3-20-13-11(5-4-6-12(13)15)14(19)18(2)9-10-7-16-17-8-10/h4-8H,3,9,15H2,1-2H3,(H,16,17). The molecule has 0 atom stereocenters. The Morgan fingerprint density at radius 1 is 1.50 bits per heavy atom. The highest BCUT2D eigenvalue weighted by atomic mass is 16.5. The predicted molar refractivity (Wildman–Crippen MR) is 76.4 cm³/mol. The van der Waals surface area contributed by atoms with E-state index in [2.05, 4.69) is 10.2 Å². The number of aromatic amines is 1. The van der Waals surface area contributed by atoms with Crippen molar-refractivity contribution in [3.63, 3.8) is 0 Å². The number of carbonyl (C=O) groups is 1. The summed E-state index contributed by atoms with van der Waals surface area (Å²) >= 11 is 0. The van der Waals surface area contributed by atoms with Gasteiger partial charge in [0.05, 0.1) is 24.1 Å². The number of nitrogens with one attached hydrogen (secondary N) is 1. The highest BCUT2D eigenvalue weighted by Crippen LogP contribution is 2.27. The minimum absolute atomic E-state index is 0.137. The van der Waals surface area contributed by atoms with Gasteiger partial charge in [-0.2, -0.15) is 5.10 Å². The molecule has 20 heavy (non-hydrogen) atoms. The van der Waals surface area contributed by atoms with Crippen LogP contribution in [0.5, 0.6) is 5.75 Å². The Morgan fingerprint density at radius 3 is 2.95 bits per heavy atom. The minimum Gasteiger partial charge on any atom is -0.491 e. The van der Waals surface area contributed by atoms with Gasteiger partial charge >= 0.3 is 0 Å². The Hall–Kier alpha value is -2.50. The van der Waals surface area contributed by atoms with Crippen molar-refractivity contribution >= 4 is 11.6 Å². The molecule has 0 bridgehead atoms. The minimum atomic E-state index is -0.137. The molecular formula is C14H18N4O2. The number of nitrogen functional groups attached to an aromatic ring is 1. The monoisotopic (exact) mass is 274 g/mol. The SMILES string of the molecule is CCOc1c(N)cccc1C(=O)N(C)Cc1cn[nH]c1. The summed E-state index contributed by atoms with van der Waals surface area (Å²) in [7, 11) is 1.73. The first-order chi connectivity index (χ1) is 9.63. The van der Waals surface area contributed by atoms with E-state index >= 15 is 0 Å². The van der Waals surface area contributed by atoms with Gasteiger partial charge in [-0.1, -0.05) is 6.07 Å². The topological polar surface area (TPSA) is 84.2 Å². The number of amides is 1. The van der Waals surface area contributed by atoms with Gasteiger partial charge in [0, 0.05) is 25.4 Å². The zero-order valence-corrected chi connectivity index (χ0v) is 11.6. The van der Waals surface area contributed by atoms with Crippen molar-refractivity contribution in [3.05, 3.63) is 41.7 Å². The molecule has 0 fully saturated rings. The van der Waals surface area contributed by atoms with Crippen LogP contribution in [-0.2, 0) is 6.54 Å². The van der Waals surface area contributed by atoms with Crippen molar-refractivity contribution in [2.45, 2.75) is 13.5 Å². The van der Waals surface area contributed by atoms with Crippen molar-refractivity contribution in [2.75, 3.05) is 19.4 Å². The molecule has 2 rings (SSSR count). The molecule has 0 radical (unpaired) electrons. The third-order valence-electron chi connectivity index (χ3n) is 2.89. The summed E-state index contributed by atoms with van der Waals surface area (Å²) in [5.74, 6) is 0.306. The fraction of sp³-hybridized carbons (Fsp3) is 0.286. The van der Waals surface area contributed by atoms with Crippen molar-refractivity contribution in [1.29, 1.82) is 0 Å². The molecule has 0 saturated heterocycles. The lowest BCUT2D eigenvalue weighted by Gasteiger charge is -2.19. The van der Waals surface area contributed by atoms with Crippen LogP contribution in [0.3, 0.4) is 0 Å². The summed E-state index contributed by atoms with van der Waals surface area (Å²) in [6.45, 7) is 2.78. The molecule has 1 aromatic heterocycles. The number of rotatable bonds is 5. The van der Waals surface area contributed by atoms with Crippen molar-refractivity contribution in [3.8, 4) is 5.75 Å². The molecule has 2 aromatic rings. The number of carbonyl (C=O) groups excluding carboxylic acids is 1. The lowest BCUT2D eigenvalue weighted by atomic mass is 10.1. The van der Waals surface area contributed by atoms with Gasteiger partial charge < -0.3 is 15.4 Å². The third-order valence-corrected chi connectivity index (χ3v) is 2.89. The summed E-state index contributed by atoms with van der Waals surface area (Å²) in [6.07, 6.45) is 3.44. The Morgan fingerprint density at radius 2 is 2.30 bits per heavy atom. The maximum atomic E-state index is 12.5. The van der Waals surface area contributed by atoms with Gasteiger partial charge in [-0.05, 0) is 19.1 Å². The van der Waals surface area contributed by atoms with E-state index < -0.39 is 0 Å². The van der Waals surface area contributed by atoms with Crippen LogP contribution in [0, 0.1) is 0 Å². The number of H-pyrrole nitrogens is 1. The Kier molecular flexibility index (Phi) is 4.24. The van der Waals surface area contributed by atoms with Crippen molar-refractivity contribution < 1.29 is 9.53 Å². The van der Waals surface area contributed by atoms with Crippen LogP contribution in [0.2, 0.25) is 0 Å². The van der Waals surface area contributed by atoms with E-state index in [1.165, 1.54) is 0 Å². The number of ether oxygens (including phenoxy) is 1. The van der Waals surface area contributed by atoms with Gasteiger partial charge in [0.15, 0.2) is 5.75 Å². The molecule has 0 unspecified atom stereocenters. The normalized spacial score (nSPS) is 10.3. The number of nitrogens with two attached hydrogens (primary N) is 1. The molecule has 6 nitrogen and oxygen atoms in total. The predicted octanol–water partition coefficient (Wildman–Crippen LogP) is 1.66. The molecule has 0 aliphatic heterocycles. The molecule has 0 aliphatic rings. The van der Waals surface area contributed by atoms with Gasteiger partial charge in [0.1, 0.15) is 0 Å². The lowest BCUT2D eigenvalue weighted by Crippen LogP contribution is -2.26. The quantitative estimate of drug-likeness (QED) is 0.812. The summed E-state index contributed by atoms with van der Waals surface area (Å²) in [6, 6.07) is 5.18. The Balaban J connectivity index is 2.22. The fourth-order valence-corrected chi connectivity index (χ4v) is 1.94. The molecule has 3 N–H and O–H groups in total. The number of nitrogens with zero attached hydrogens (tertiary/aromatic N) is 2. The molecule has 106 valence electrons. The first kappa shape index (κ1) is 13.9. The molecule has 1 heterocycles. The summed E-state index contributed by atoms with van der Waals surface area (Å²) in [5, 5.41) is 6.58. The van der Waals surface area contributed by atoms with Crippen molar-refractivity contribution in [2.24, 2.45) is 0 Å². The number of benzene rings is 1. The zero-order chi connectivity index (χ0) is 14.5. The lowest BCUT2D eigenvalue weighted by molar-refractivity contribution is 0.0781. The second kappa shape index (κ2) is 6.10. The van der Waals surface area contributed by atoms with Crippen LogP contribution in [0.15, 0.2) is 30.6 Å². The van der Waals surface area contributed by atoms with Crippen LogP contribution >= 0.6 is 0 Å². The molecular weight excluding hydrogens is 256 g/mol. The maximum absolute atomic E-state index is 12.5. The number of anilines is 1. The molecule has 0 spiro atoms. The second-order valence-corrected chi connectivity index (χ2v) is 4.42. The summed E-state index contributed by atoms with van der Waals surface area (Å²) < 4.78 is 5.48. The van der Waals surface area contributed by atoms with E-state index in [1.807, 2.05) is 6.92 Å². The molecule has 0 aliphatic carbocycles. The first-order valence-corrected chi connectivity index (χ1v) is 6.38. The summed E-state index contributed by atoms with van der Waals surface area (Å²) in [5.41, 5.74) is 7.74. The zero-order valence-electron chi connectivity index (χ0n) is 11.6. The van der Waals surface area contributed by atoms with Crippen LogP contribution in [0.25, 0.3) is 0 Å². The highest BCUT2D eigenvalue weighted by Gasteiger charge is 2.18. The molecule has 1 amide bonds. The van der Waals surface area contributed by atoms with Gasteiger partial charge in [0.2, 0.25) is 0 Å². The summed E-state index contributed by atoms with van der Waals surface area (Å²) in [4.78, 5) is 14.1. The highest BCUT2D eigenvalue weighted by molar-refractivity contribution is 5.98. The van der Waals surface area contributed by atoms with E-state index in [1.54, 1.807) is 42.5 Å². The Labute approximate surface area is 117 Å². The van der Waals surface area contributed by atoms with E-state index in [0.717, 1.165) is 5.56 Å². The van der Waals surface area contributed by atoms with Crippen LogP contribution in [0.1, 0.15) is 22.8 Å². The van der Waals surface area contributed by atoms with Crippen LogP contribution in [0.4, 0.5) is 5.69 Å². The van der Waals surface area contributed by atoms with E-state index in [-0.39, 0.29) is 5.91 Å². The van der Waals surface area contributed by atoms with E-state index in [9.17, 15) is 4.79 Å². The van der Waals surface area contributed by atoms with Crippen molar-refractivity contribution in [1.82, 2.24) is 15.1 Å². The van der Waals surface area contributed by atoms with Gasteiger partial charge in [-0.15, -0.1) is 0 Å². The number of hydrogen-bond acceptors (Lipinski definition) is 4. The van der Waals surface area contributed by atoms with Crippen LogP contribution < -0.4 is 10.5 Å². The maximum Gasteiger partial charge on any atom is 0.257 e. The Bertz CT molecular complexity index is 581.